The van der Waals surface area contributed by atoms with Crippen molar-refractivity contribution in [1.82, 2.24) is 5.32 Å². The van der Waals surface area contributed by atoms with Gasteiger partial charge in [-0.2, -0.15) is 0 Å². The van der Waals surface area contributed by atoms with Crippen molar-refractivity contribution in [3.63, 3.8) is 0 Å². The summed E-state index contributed by atoms with van der Waals surface area (Å²) < 4.78 is 0. The molecule has 52 valence electrons. The molecule has 2 heteroatoms. The predicted molar refractivity (Wildman–Crippen MR) is 43.9 cm³/mol. The van der Waals surface area contributed by atoms with Crippen molar-refractivity contribution in [3.05, 3.63) is 48.3 Å². The van der Waals surface area contributed by atoms with Gasteiger partial charge in [-0.3, -0.25) is 0 Å². The molecule has 11 heavy (non-hydrogen) atoms. The maximum Gasteiger partial charge on any atom is 0.290 e. The first-order valence-corrected chi connectivity index (χ1v) is 3.44. The second kappa shape index (κ2) is 2.52. The van der Waals surface area contributed by atoms with E-state index in [-0.39, 0.29) is 0 Å². The van der Waals surface area contributed by atoms with Crippen LogP contribution >= 0.6 is 0 Å². The van der Waals surface area contributed by atoms with Gasteiger partial charge in [0, 0.05) is 4.99 Å². The van der Waals surface area contributed by atoms with Crippen LogP contribution < -0.4 is 5.32 Å². The number of hydrogen-bond acceptors (Lipinski definition) is 2. The summed E-state index contributed by atoms with van der Waals surface area (Å²) in [6.07, 6.45) is 4.42. The zero-order chi connectivity index (χ0) is 7.52. The van der Waals surface area contributed by atoms with E-state index in [9.17, 15) is 0 Å². The van der Waals surface area contributed by atoms with Gasteiger partial charge in [-0.05, 0) is 12.1 Å². The highest BCUT2D eigenvalue weighted by molar-refractivity contribution is 6.00. The summed E-state index contributed by atoms with van der Waals surface area (Å²) in [5, 5.41) is 2.99. The number of nitrogens with zero attached hydrogens (tertiary/aromatic N) is 1. The van der Waals surface area contributed by atoms with E-state index in [0.29, 0.717) is 0 Å². The fourth-order valence-corrected chi connectivity index (χ4v) is 0.974. The quantitative estimate of drug-likeness (QED) is 0.589. The Morgan fingerprint density at radius 1 is 1.18 bits per heavy atom. The molecular weight excluding hydrogens is 136 g/mol. The van der Waals surface area contributed by atoms with E-state index in [1.807, 2.05) is 30.3 Å². The molecule has 0 saturated carbocycles. The SMILES string of the molecule is [C+]1=CNC(c2ccccc2)=N1. The number of amidine groups is 1. The van der Waals surface area contributed by atoms with Crippen molar-refractivity contribution in [3.8, 4) is 0 Å². The normalized spacial score (nSPS) is 13.6. The Morgan fingerprint density at radius 2 is 2.00 bits per heavy atom. The summed E-state index contributed by atoms with van der Waals surface area (Å²) in [5.74, 6) is 0.866. The van der Waals surface area contributed by atoms with Crippen molar-refractivity contribution in [2.75, 3.05) is 0 Å². The fourth-order valence-electron chi connectivity index (χ4n) is 0.974. The molecule has 1 aromatic carbocycles. The molecule has 2 rings (SSSR count). The number of hydrogen-bond donors (Lipinski definition) is 1. The largest absolute Gasteiger partial charge is 0.290 e. The third-order valence-electron chi connectivity index (χ3n) is 1.50. The lowest BCUT2D eigenvalue weighted by Gasteiger charge is -1.89. The van der Waals surface area contributed by atoms with Crippen LogP contribution in [-0.4, -0.2) is 5.84 Å². The van der Waals surface area contributed by atoms with Gasteiger partial charge in [-0.15, -0.1) is 0 Å². The summed E-state index contributed by atoms with van der Waals surface area (Å²) in [6, 6.07) is 9.96. The summed E-state index contributed by atoms with van der Waals surface area (Å²) in [6.45, 7) is 0. The highest BCUT2D eigenvalue weighted by Gasteiger charge is 2.13. The monoisotopic (exact) mass is 143 g/mol. The Morgan fingerprint density at radius 3 is 2.64 bits per heavy atom. The second-order valence-electron chi connectivity index (χ2n) is 2.24. The Bertz CT molecular complexity index is 299. The first kappa shape index (κ1) is 6.08. The molecule has 0 fully saturated rings. The van der Waals surface area contributed by atoms with Gasteiger partial charge in [0.1, 0.15) is 5.56 Å². The fraction of sp³-hybridized carbons (Fsp3) is 0. The molecular formula is C9H7N2+. The third-order valence-corrected chi connectivity index (χ3v) is 1.50. The van der Waals surface area contributed by atoms with Gasteiger partial charge in [0.15, 0.2) is 6.20 Å². The van der Waals surface area contributed by atoms with E-state index >= 15 is 0 Å². The molecule has 0 saturated heterocycles. The average Bonchev–Trinajstić information content (AvgIpc) is 2.58. The van der Waals surface area contributed by atoms with Crippen LogP contribution in [0.5, 0.6) is 0 Å². The minimum atomic E-state index is 0.866. The first-order valence-electron chi connectivity index (χ1n) is 3.44. The van der Waals surface area contributed by atoms with Crippen LogP contribution in [-0.2, 0) is 0 Å². The zero-order valence-corrected chi connectivity index (χ0v) is 5.91. The van der Waals surface area contributed by atoms with Crippen LogP contribution in [0, 0.1) is 6.20 Å². The number of nitrogens with one attached hydrogen (secondary N) is 1. The van der Waals surface area contributed by atoms with Gasteiger partial charge in [0.25, 0.3) is 5.84 Å². The van der Waals surface area contributed by atoms with E-state index in [4.69, 9.17) is 0 Å². The van der Waals surface area contributed by atoms with E-state index < -0.39 is 0 Å². The maximum atomic E-state index is 4.01. The smallest absolute Gasteiger partial charge is 0.239 e. The van der Waals surface area contributed by atoms with Crippen molar-refractivity contribution < 1.29 is 0 Å². The standard InChI is InChI=1S/C9H7N2/c1-2-4-8(5-3-1)9-10-6-7-11-9/h1-6H,(H,10,11)/q+1. The Balaban J connectivity index is 2.31. The molecule has 0 aromatic heterocycles. The molecule has 1 aliphatic heterocycles. The summed E-state index contributed by atoms with van der Waals surface area (Å²) in [4.78, 5) is 4.01. The molecule has 2 nitrogen and oxygen atoms in total. The van der Waals surface area contributed by atoms with Crippen LogP contribution in [0.1, 0.15) is 5.56 Å². The van der Waals surface area contributed by atoms with Crippen molar-refractivity contribution in [2.24, 2.45) is 4.99 Å². The van der Waals surface area contributed by atoms with Gasteiger partial charge in [0.05, 0.1) is 0 Å². The van der Waals surface area contributed by atoms with Crippen LogP contribution in [0.2, 0.25) is 0 Å². The van der Waals surface area contributed by atoms with E-state index in [1.54, 1.807) is 6.20 Å². The maximum absolute atomic E-state index is 4.01. The topological polar surface area (TPSA) is 24.4 Å². The molecule has 0 unspecified atom stereocenters. The lowest BCUT2D eigenvalue weighted by atomic mass is 10.2. The second-order valence-corrected chi connectivity index (χ2v) is 2.24. The van der Waals surface area contributed by atoms with Gasteiger partial charge >= 0.3 is 0 Å². The zero-order valence-electron chi connectivity index (χ0n) is 5.91. The lowest BCUT2D eigenvalue weighted by molar-refractivity contribution is 1.31. The average molecular weight is 143 g/mol. The molecule has 0 radical (unpaired) electrons. The van der Waals surface area contributed by atoms with Crippen LogP contribution in [0.3, 0.4) is 0 Å². The molecule has 0 spiro atoms. The molecule has 1 aromatic rings. The van der Waals surface area contributed by atoms with E-state index in [2.05, 4.69) is 16.5 Å². The van der Waals surface area contributed by atoms with Crippen LogP contribution in [0.4, 0.5) is 0 Å². The van der Waals surface area contributed by atoms with Crippen LogP contribution in [0.15, 0.2) is 41.5 Å². The van der Waals surface area contributed by atoms with Crippen LogP contribution in [0.25, 0.3) is 0 Å². The van der Waals surface area contributed by atoms with Gasteiger partial charge < -0.3 is 0 Å². The van der Waals surface area contributed by atoms with Gasteiger partial charge in [-0.1, -0.05) is 18.2 Å². The van der Waals surface area contributed by atoms with Crippen molar-refractivity contribution in [2.45, 2.75) is 0 Å². The molecule has 0 atom stereocenters. The number of rotatable bonds is 1. The molecule has 0 aliphatic carbocycles. The van der Waals surface area contributed by atoms with Crippen molar-refractivity contribution in [1.29, 1.82) is 0 Å². The summed E-state index contributed by atoms with van der Waals surface area (Å²) in [7, 11) is 0. The highest BCUT2D eigenvalue weighted by atomic mass is 15.0. The Kier molecular flexibility index (Phi) is 1.39. The highest BCUT2D eigenvalue weighted by Crippen LogP contribution is 2.01. The molecule has 1 N–H and O–H groups in total. The van der Waals surface area contributed by atoms with Gasteiger partial charge in [-0.25, -0.2) is 5.32 Å². The van der Waals surface area contributed by atoms with E-state index in [1.165, 1.54) is 0 Å². The molecule has 0 amide bonds. The molecule has 1 aliphatic rings. The minimum absolute atomic E-state index is 0.866. The molecule has 0 bridgehead atoms. The van der Waals surface area contributed by atoms with Gasteiger partial charge in [0.2, 0.25) is 6.20 Å². The number of benzene rings is 1. The third kappa shape index (κ3) is 1.11. The summed E-state index contributed by atoms with van der Waals surface area (Å²) >= 11 is 0. The summed E-state index contributed by atoms with van der Waals surface area (Å²) in [5.41, 5.74) is 1.09. The minimum Gasteiger partial charge on any atom is -0.239 e. The Labute approximate surface area is 65.3 Å². The first-order chi connectivity index (χ1) is 5.47. The predicted octanol–water partition coefficient (Wildman–Crippen LogP) is 1.31. The van der Waals surface area contributed by atoms with Crippen molar-refractivity contribution >= 4 is 5.84 Å². The Hall–Kier alpha value is -1.66. The van der Waals surface area contributed by atoms with E-state index in [0.717, 1.165) is 11.4 Å². The lowest BCUT2D eigenvalue weighted by Crippen LogP contribution is -2.14. The number of aliphatic imine (C=N–C) groups is 1. The molecule has 1 heterocycles.